The lowest BCUT2D eigenvalue weighted by atomic mass is 10.2. The molecule has 0 saturated heterocycles. The third-order valence-corrected chi connectivity index (χ3v) is 2.76. The molecule has 0 aliphatic carbocycles. The minimum Gasteiger partial charge on any atom is -0.155 e. The van der Waals surface area contributed by atoms with Gasteiger partial charge in [-0.05, 0) is 25.3 Å². The van der Waals surface area contributed by atoms with Gasteiger partial charge in [0.2, 0.25) is 0 Å². The maximum Gasteiger partial charge on any atom is 0.0778 e. The Labute approximate surface area is 96.4 Å². The maximum absolute atomic E-state index is 4.04. The van der Waals surface area contributed by atoms with Gasteiger partial charge in [0, 0.05) is 5.39 Å². The van der Waals surface area contributed by atoms with E-state index in [1.54, 1.807) is 11.3 Å². The van der Waals surface area contributed by atoms with E-state index in [0.717, 1.165) is 11.4 Å². The van der Waals surface area contributed by atoms with Crippen LogP contribution in [0.5, 0.6) is 0 Å². The average molecular weight is 224 g/mol. The second kappa shape index (κ2) is 7.35. The molecular formula is C12H20N2S. The van der Waals surface area contributed by atoms with Crippen LogP contribution in [0.15, 0.2) is 11.4 Å². The van der Waals surface area contributed by atoms with Gasteiger partial charge < -0.3 is 0 Å². The lowest BCUT2D eigenvalue weighted by molar-refractivity contribution is 0.967. The van der Waals surface area contributed by atoms with Crippen molar-refractivity contribution in [2.24, 2.45) is 0 Å². The third-order valence-electron chi connectivity index (χ3n) is 1.73. The van der Waals surface area contributed by atoms with Crippen LogP contribution in [0.3, 0.4) is 0 Å². The molecule has 3 heteroatoms. The van der Waals surface area contributed by atoms with E-state index >= 15 is 0 Å². The molecule has 0 aromatic carbocycles. The molecule has 0 aliphatic rings. The van der Waals surface area contributed by atoms with E-state index in [0.29, 0.717) is 0 Å². The highest BCUT2D eigenvalue weighted by Crippen LogP contribution is 2.23. The number of fused-ring (bicyclic) bond motifs is 1. The Morgan fingerprint density at radius 3 is 2.00 bits per heavy atom. The van der Waals surface area contributed by atoms with Crippen LogP contribution in [-0.4, -0.2) is 10.2 Å². The van der Waals surface area contributed by atoms with Crippen LogP contribution in [0.2, 0.25) is 0 Å². The second-order valence-corrected chi connectivity index (χ2v) is 3.45. The summed E-state index contributed by atoms with van der Waals surface area (Å²) in [6.45, 7) is 12.0. The van der Waals surface area contributed by atoms with Gasteiger partial charge in [-0.3, -0.25) is 0 Å². The van der Waals surface area contributed by atoms with Gasteiger partial charge in [0.05, 0.1) is 16.1 Å². The van der Waals surface area contributed by atoms with Crippen molar-refractivity contribution < 1.29 is 0 Å². The number of thiophene rings is 1. The van der Waals surface area contributed by atoms with Crippen molar-refractivity contribution in [1.29, 1.82) is 0 Å². The van der Waals surface area contributed by atoms with E-state index in [2.05, 4.69) is 21.6 Å². The normalized spacial score (nSPS) is 8.67. The fourth-order valence-electron chi connectivity index (χ4n) is 1.12. The summed E-state index contributed by atoms with van der Waals surface area (Å²) in [4.78, 5) is 0. The van der Waals surface area contributed by atoms with Crippen LogP contribution in [0.25, 0.3) is 10.1 Å². The highest BCUT2D eigenvalue weighted by molar-refractivity contribution is 7.17. The van der Waals surface area contributed by atoms with Gasteiger partial charge in [-0.1, -0.05) is 27.7 Å². The molecule has 0 aliphatic heterocycles. The SMILES string of the molecule is CC.CC.Cc1nnc(C)c2sccc12. The molecule has 2 aromatic heterocycles. The number of hydrogen-bond donors (Lipinski definition) is 0. The van der Waals surface area contributed by atoms with E-state index in [-0.39, 0.29) is 0 Å². The summed E-state index contributed by atoms with van der Waals surface area (Å²) in [7, 11) is 0. The molecule has 2 heterocycles. The molecule has 84 valence electrons. The van der Waals surface area contributed by atoms with Crippen molar-refractivity contribution in [3.63, 3.8) is 0 Å². The van der Waals surface area contributed by atoms with Crippen molar-refractivity contribution in [2.45, 2.75) is 41.5 Å². The average Bonchev–Trinajstić information content (AvgIpc) is 2.79. The zero-order valence-corrected chi connectivity index (χ0v) is 11.3. The summed E-state index contributed by atoms with van der Waals surface area (Å²) < 4.78 is 1.26. The molecule has 0 saturated carbocycles. The predicted octanol–water partition coefficient (Wildman–Crippen LogP) is 4.36. The minimum atomic E-state index is 1.02. The largest absolute Gasteiger partial charge is 0.155 e. The molecular weight excluding hydrogens is 204 g/mol. The standard InChI is InChI=1S/C8H8N2S.2C2H6/c1-5-7-3-4-11-8(7)6(2)10-9-5;2*1-2/h3-4H,1-2H3;2*1-2H3. The van der Waals surface area contributed by atoms with Crippen LogP contribution in [-0.2, 0) is 0 Å². The summed E-state index contributed by atoms with van der Waals surface area (Å²) in [6, 6.07) is 2.09. The molecule has 2 nitrogen and oxygen atoms in total. The summed E-state index contributed by atoms with van der Waals surface area (Å²) in [6.07, 6.45) is 0. The molecule has 15 heavy (non-hydrogen) atoms. The van der Waals surface area contributed by atoms with Crippen LogP contribution < -0.4 is 0 Å². The molecule has 0 N–H and O–H groups in total. The van der Waals surface area contributed by atoms with Crippen LogP contribution in [0.4, 0.5) is 0 Å². The fraction of sp³-hybridized carbons (Fsp3) is 0.500. The van der Waals surface area contributed by atoms with Gasteiger partial charge >= 0.3 is 0 Å². The number of hydrogen-bond acceptors (Lipinski definition) is 3. The van der Waals surface area contributed by atoms with Crippen molar-refractivity contribution in [3.05, 3.63) is 22.8 Å². The Bertz CT molecular complexity index is 357. The maximum atomic E-state index is 4.04. The minimum absolute atomic E-state index is 1.02. The van der Waals surface area contributed by atoms with Crippen LogP contribution in [0, 0.1) is 13.8 Å². The highest BCUT2D eigenvalue weighted by Gasteiger charge is 2.02. The summed E-state index contributed by atoms with van der Waals surface area (Å²) in [5.74, 6) is 0. The van der Waals surface area contributed by atoms with Crippen LogP contribution in [0.1, 0.15) is 39.1 Å². The Morgan fingerprint density at radius 2 is 1.47 bits per heavy atom. The highest BCUT2D eigenvalue weighted by atomic mass is 32.1. The first-order valence-corrected chi connectivity index (χ1v) is 6.34. The van der Waals surface area contributed by atoms with Crippen molar-refractivity contribution in [3.8, 4) is 0 Å². The van der Waals surface area contributed by atoms with Gasteiger partial charge in [0.1, 0.15) is 0 Å². The Balaban J connectivity index is 0.000000442. The lowest BCUT2D eigenvalue weighted by Gasteiger charge is -1.95. The first kappa shape index (κ1) is 14.0. The first-order chi connectivity index (χ1) is 7.29. The van der Waals surface area contributed by atoms with Gasteiger partial charge in [-0.25, -0.2) is 0 Å². The Hall–Kier alpha value is -0.960. The summed E-state index contributed by atoms with van der Waals surface area (Å²) >= 11 is 1.73. The lowest BCUT2D eigenvalue weighted by Crippen LogP contribution is -1.89. The van der Waals surface area contributed by atoms with Crippen molar-refractivity contribution >= 4 is 21.4 Å². The number of aromatic nitrogens is 2. The second-order valence-electron chi connectivity index (χ2n) is 2.53. The third kappa shape index (κ3) is 3.27. The monoisotopic (exact) mass is 224 g/mol. The van der Waals surface area contributed by atoms with Gasteiger partial charge in [-0.15, -0.1) is 11.3 Å². The molecule has 2 aromatic rings. The van der Waals surface area contributed by atoms with E-state index < -0.39 is 0 Å². The Morgan fingerprint density at radius 1 is 0.933 bits per heavy atom. The van der Waals surface area contributed by atoms with Crippen molar-refractivity contribution in [1.82, 2.24) is 10.2 Å². The van der Waals surface area contributed by atoms with Crippen molar-refractivity contribution in [2.75, 3.05) is 0 Å². The Kier molecular flexibility index (Phi) is 6.88. The van der Waals surface area contributed by atoms with Crippen LogP contribution >= 0.6 is 11.3 Å². The zero-order valence-electron chi connectivity index (χ0n) is 10.5. The summed E-state index contributed by atoms with van der Waals surface area (Å²) in [5, 5.41) is 11.4. The van der Waals surface area contributed by atoms with E-state index in [4.69, 9.17) is 0 Å². The molecule has 0 amide bonds. The number of nitrogens with zero attached hydrogens (tertiary/aromatic N) is 2. The fourth-order valence-corrected chi connectivity index (χ4v) is 2.02. The van der Waals surface area contributed by atoms with Gasteiger partial charge in [-0.2, -0.15) is 10.2 Å². The first-order valence-electron chi connectivity index (χ1n) is 5.46. The molecule has 0 spiro atoms. The smallest absolute Gasteiger partial charge is 0.0778 e. The molecule has 2 rings (SSSR count). The van der Waals surface area contributed by atoms with E-state index in [1.165, 1.54) is 10.1 Å². The van der Waals surface area contributed by atoms with Gasteiger partial charge in [0.15, 0.2) is 0 Å². The molecule has 0 fully saturated rings. The van der Waals surface area contributed by atoms with E-state index in [1.807, 2.05) is 41.5 Å². The number of rotatable bonds is 0. The topological polar surface area (TPSA) is 25.8 Å². The molecule has 0 radical (unpaired) electrons. The summed E-state index contributed by atoms with van der Waals surface area (Å²) in [5.41, 5.74) is 2.05. The number of aryl methyl sites for hydroxylation is 2. The predicted molar refractivity (Wildman–Crippen MR) is 69.6 cm³/mol. The zero-order chi connectivity index (χ0) is 11.8. The molecule has 0 unspecified atom stereocenters. The molecule has 0 bridgehead atoms. The van der Waals surface area contributed by atoms with E-state index in [9.17, 15) is 0 Å². The van der Waals surface area contributed by atoms with Gasteiger partial charge in [0.25, 0.3) is 0 Å². The quantitative estimate of drug-likeness (QED) is 0.664. The molecule has 0 atom stereocenters.